The van der Waals surface area contributed by atoms with Crippen molar-refractivity contribution in [2.24, 2.45) is 0 Å². The van der Waals surface area contributed by atoms with E-state index in [4.69, 9.17) is 4.74 Å². The Morgan fingerprint density at radius 3 is 2.22 bits per heavy atom. The summed E-state index contributed by atoms with van der Waals surface area (Å²) in [5, 5.41) is 3.49. The zero-order valence-corrected chi connectivity index (χ0v) is 16.4. The molecule has 4 nitrogen and oxygen atoms in total. The van der Waals surface area contributed by atoms with Gasteiger partial charge >= 0.3 is 5.97 Å². The van der Waals surface area contributed by atoms with Crippen molar-refractivity contribution in [3.8, 4) is 0 Å². The monoisotopic (exact) mass is 366 g/mol. The fourth-order valence-electron chi connectivity index (χ4n) is 3.60. The molecule has 4 heteroatoms. The van der Waals surface area contributed by atoms with Crippen molar-refractivity contribution in [2.75, 3.05) is 25.0 Å². The predicted octanol–water partition coefficient (Wildman–Crippen LogP) is 4.13. The summed E-state index contributed by atoms with van der Waals surface area (Å²) in [6.07, 6.45) is 2.43. The molecule has 1 heterocycles. The second kappa shape index (κ2) is 9.05. The van der Waals surface area contributed by atoms with E-state index in [1.807, 2.05) is 50.2 Å². The molecular weight excluding hydrogens is 336 g/mol. The highest BCUT2D eigenvalue weighted by atomic mass is 16.5. The summed E-state index contributed by atoms with van der Waals surface area (Å²) >= 11 is 0. The number of nitrogens with one attached hydrogen (secondary N) is 1. The van der Waals surface area contributed by atoms with E-state index >= 15 is 0 Å². The molecule has 0 aliphatic carbocycles. The predicted molar refractivity (Wildman–Crippen MR) is 110 cm³/mol. The van der Waals surface area contributed by atoms with Crippen LogP contribution in [0, 0.1) is 0 Å². The number of carbonyl (C=O) groups excluding carboxylic acids is 1. The molecule has 1 saturated heterocycles. The van der Waals surface area contributed by atoms with E-state index in [1.165, 1.54) is 5.56 Å². The maximum Gasteiger partial charge on any atom is 0.332 e. The number of carbonyl (C=O) groups is 1. The van der Waals surface area contributed by atoms with Crippen molar-refractivity contribution in [1.29, 1.82) is 0 Å². The molecule has 1 aliphatic heterocycles. The molecule has 0 bridgehead atoms. The number of benzene rings is 2. The lowest BCUT2D eigenvalue weighted by atomic mass is 9.86. The third-order valence-electron chi connectivity index (χ3n) is 5.16. The zero-order valence-electron chi connectivity index (χ0n) is 16.4. The van der Waals surface area contributed by atoms with Crippen molar-refractivity contribution in [3.63, 3.8) is 0 Å². The fraction of sp³-hybridized carbons (Fsp3) is 0.435. The lowest BCUT2D eigenvalue weighted by Crippen LogP contribution is -2.55. The largest absolute Gasteiger partial charge is 0.461 e. The number of esters is 1. The molecule has 0 unspecified atom stereocenters. The number of nitrogens with zero attached hydrogens (tertiary/aromatic N) is 1. The number of para-hydroxylation sites is 1. The maximum atomic E-state index is 12.9. The molecular formula is C23H30N2O2. The molecule has 2 aromatic rings. The molecule has 2 aromatic carbocycles. The number of likely N-dealkylation sites (tertiary alicyclic amines) is 1. The van der Waals surface area contributed by atoms with Crippen LogP contribution in [-0.2, 0) is 16.0 Å². The Balaban J connectivity index is 1.63. The minimum absolute atomic E-state index is 0.108. The summed E-state index contributed by atoms with van der Waals surface area (Å²) in [6, 6.07) is 20.5. The smallest absolute Gasteiger partial charge is 0.332 e. The van der Waals surface area contributed by atoms with Crippen LogP contribution < -0.4 is 5.32 Å². The van der Waals surface area contributed by atoms with Crippen molar-refractivity contribution in [3.05, 3.63) is 66.2 Å². The highest BCUT2D eigenvalue weighted by Gasteiger charge is 2.43. The molecule has 1 fully saturated rings. The van der Waals surface area contributed by atoms with E-state index in [9.17, 15) is 4.79 Å². The molecule has 1 aliphatic rings. The normalized spacial score (nSPS) is 16.9. The van der Waals surface area contributed by atoms with Gasteiger partial charge in [-0.05, 0) is 50.8 Å². The number of hydrogen-bond acceptors (Lipinski definition) is 4. The lowest BCUT2D eigenvalue weighted by Gasteiger charge is -2.41. The lowest BCUT2D eigenvalue weighted by molar-refractivity contribution is -0.154. The van der Waals surface area contributed by atoms with Gasteiger partial charge in [0, 0.05) is 25.3 Å². The second-order valence-corrected chi connectivity index (χ2v) is 7.60. The van der Waals surface area contributed by atoms with Gasteiger partial charge in [0.15, 0.2) is 0 Å². The zero-order chi connectivity index (χ0) is 19.1. The average molecular weight is 367 g/mol. The molecule has 0 radical (unpaired) electrons. The van der Waals surface area contributed by atoms with Crippen LogP contribution in [0.5, 0.6) is 0 Å². The Morgan fingerprint density at radius 2 is 1.63 bits per heavy atom. The van der Waals surface area contributed by atoms with Gasteiger partial charge in [-0.3, -0.25) is 0 Å². The van der Waals surface area contributed by atoms with Crippen LogP contribution in [0.4, 0.5) is 5.69 Å². The van der Waals surface area contributed by atoms with Crippen LogP contribution in [-0.4, -0.2) is 42.1 Å². The Hall–Kier alpha value is -2.33. The van der Waals surface area contributed by atoms with Crippen molar-refractivity contribution >= 4 is 11.7 Å². The number of hydrogen-bond donors (Lipinski definition) is 1. The van der Waals surface area contributed by atoms with Crippen LogP contribution in [0.2, 0.25) is 0 Å². The topological polar surface area (TPSA) is 41.6 Å². The molecule has 3 rings (SSSR count). The summed E-state index contributed by atoms with van der Waals surface area (Å²) in [5.41, 5.74) is 1.68. The summed E-state index contributed by atoms with van der Waals surface area (Å²) in [4.78, 5) is 15.4. The van der Waals surface area contributed by atoms with Gasteiger partial charge in [-0.25, -0.2) is 4.79 Å². The van der Waals surface area contributed by atoms with E-state index in [2.05, 4.69) is 34.5 Å². The first-order chi connectivity index (χ1) is 13.1. The van der Waals surface area contributed by atoms with Crippen LogP contribution in [0.3, 0.4) is 0 Å². The molecule has 0 aromatic heterocycles. The van der Waals surface area contributed by atoms with Gasteiger partial charge in [0.1, 0.15) is 5.54 Å². The van der Waals surface area contributed by atoms with E-state index in [0.29, 0.717) is 0 Å². The third kappa shape index (κ3) is 5.33. The van der Waals surface area contributed by atoms with E-state index in [1.54, 1.807) is 0 Å². The standard InChI is InChI=1S/C23H30N2O2/c1-19(2)27-22(26)23(24-21-11-7-4-8-12-21)14-17-25(18-15-23)16-13-20-9-5-3-6-10-20/h3-12,19,24H,13-18H2,1-2H3. The Morgan fingerprint density at radius 1 is 1.04 bits per heavy atom. The molecule has 1 N–H and O–H groups in total. The van der Waals surface area contributed by atoms with Gasteiger partial charge in [-0.1, -0.05) is 48.5 Å². The van der Waals surface area contributed by atoms with E-state index in [-0.39, 0.29) is 12.1 Å². The first-order valence-corrected chi connectivity index (χ1v) is 9.88. The maximum absolute atomic E-state index is 12.9. The minimum Gasteiger partial charge on any atom is -0.461 e. The van der Waals surface area contributed by atoms with Crippen LogP contribution in [0.1, 0.15) is 32.3 Å². The van der Waals surface area contributed by atoms with Gasteiger partial charge in [-0.2, -0.15) is 0 Å². The van der Waals surface area contributed by atoms with Gasteiger partial charge in [0.25, 0.3) is 0 Å². The number of ether oxygens (including phenoxy) is 1. The summed E-state index contributed by atoms with van der Waals surface area (Å²) < 4.78 is 5.61. The highest BCUT2D eigenvalue weighted by molar-refractivity contribution is 5.85. The van der Waals surface area contributed by atoms with Crippen molar-refractivity contribution in [1.82, 2.24) is 4.90 Å². The summed E-state index contributed by atoms with van der Waals surface area (Å²) in [6.45, 7) is 6.61. The quantitative estimate of drug-likeness (QED) is 0.748. The highest BCUT2D eigenvalue weighted by Crippen LogP contribution is 2.29. The second-order valence-electron chi connectivity index (χ2n) is 7.60. The first kappa shape index (κ1) is 19.4. The van der Waals surface area contributed by atoms with Crippen molar-refractivity contribution < 1.29 is 9.53 Å². The van der Waals surface area contributed by atoms with E-state index in [0.717, 1.165) is 44.6 Å². The molecule has 144 valence electrons. The number of piperidine rings is 1. The van der Waals surface area contributed by atoms with Gasteiger partial charge in [0.05, 0.1) is 6.10 Å². The van der Waals surface area contributed by atoms with Gasteiger partial charge in [0.2, 0.25) is 0 Å². The van der Waals surface area contributed by atoms with Crippen LogP contribution in [0.15, 0.2) is 60.7 Å². The Bertz CT molecular complexity index is 708. The van der Waals surface area contributed by atoms with Gasteiger partial charge in [-0.15, -0.1) is 0 Å². The average Bonchev–Trinajstić information content (AvgIpc) is 2.68. The summed E-state index contributed by atoms with van der Waals surface area (Å²) in [5.74, 6) is -0.135. The van der Waals surface area contributed by atoms with E-state index < -0.39 is 5.54 Å². The first-order valence-electron chi connectivity index (χ1n) is 9.88. The molecule has 27 heavy (non-hydrogen) atoms. The van der Waals surface area contributed by atoms with Crippen LogP contribution >= 0.6 is 0 Å². The Labute approximate surface area is 162 Å². The van der Waals surface area contributed by atoms with Crippen molar-refractivity contribution in [2.45, 2.75) is 44.8 Å². The fourth-order valence-corrected chi connectivity index (χ4v) is 3.60. The number of anilines is 1. The van der Waals surface area contributed by atoms with Crippen LogP contribution in [0.25, 0.3) is 0 Å². The third-order valence-corrected chi connectivity index (χ3v) is 5.16. The SMILES string of the molecule is CC(C)OC(=O)C1(Nc2ccccc2)CCN(CCc2ccccc2)CC1. The molecule has 0 saturated carbocycles. The molecule has 0 atom stereocenters. The minimum atomic E-state index is -0.644. The summed E-state index contributed by atoms with van der Waals surface area (Å²) in [7, 11) is 0. The Kier molecular flexibility index (Phi) is 6.51. The molecule has 0 amide bonds. The molecule has 0 spiro atoms. The number of rotatable bonds is 7. The van der Waals surface area contributed by atoms with Gasteiger partial charge < -0.3 is 15.0 Å².